The van der Waals surface area contributed by atoms with Crippen LogP contribution in [0.3, 0.4) is 0 Å². The van der Waals surface area contributed by atoms with Gasteiger partial charge in [0.15, 0.2) is 11.2 Å². The second-order valence-corrected chi connectivity index (χ2v) is 6.38. The summed E-state index contributed by atoms with van der Waals surface area (Å²) in [5, 5.41) is 3.95. The third kappa shape index (κ3) is 5.94. The van der Waals surface area contributed by atoms with Crippen LogP contribution >= 0.6 is 35.4 Å². The summed E-state index contributed by atoms with van der Waals surface area (Å²) in [6.07, 6.45) is -0.801. The van der Waals surface area contributed by atoms with E-state index in [4.69, 9.17) is 44.9 Å². The maximum absolute atomic E-state index is 12.1. The molecule has 0 aliphatic rings. The van der Waals surface area contributed by atoms with Gasteiger partial charge in [0.1, 0.15) is 11.5 Å². The van der Waals surface area contributed by atoms with Crippen molar-refractivity contribution >= 4 is 52.1 Å². The third-order valence-corrected chi connectivity index (χ3v) is 3.95. The number of anilines is 1. The predicted molar refractivity (Wildman–Crippen MR) is 107 cm³/mol. The van der Waals surface area contributed by atoms with Crippen molar-refractivity contribution in [3.63, 3.8) is 0 Å². The smallest absolute Gasteiger partial charge is 0.279 e. The van der Waals surface area contributed by atoms with Crippen LogP contribution in [0.2, 0.25) is 10.0 Å². The van der Waals surface area contributed by atoms with E-state index < -0.39 is 12.0 Å². The first-order valence-electron chi connectivity index (χ1n) is 7.51. The molecular weight excluding hydrogens is 397 g/mol. The van der Waals surface area contributed by atoms with Crippen molar-refractivity contribution in [3.8, 4) is 11.5 Å². The second-order valence-electron chi connectivity index (χ2n) is 5.13. The van der Waals surface area contributed by atoms with Crippen molar-refractivity contribution < 1.29 is 14.3 Å². The van der Waals surface area contributed by atoms with Gasteiger partial charge in [-0.25, -0.2) is 0 Å². The molecule has 0 unspecified atom stereocenters. The van der Waals surface area contributed by atoms with Gasteiger partial charge in [0.25, 0.3) is 5.91 Å². The van der Waals surface area contributed by atoms with Gasteiger partial charge in [-0.1, -0.05) is 23.2 Å². The molecule has 2 aromatic carbocycles. The number of hydrogen-bond acceptors (Lipinski definition) is 4. The highest BCUT2D eigenvalue weighted by atomic mass is 35.5. The van der Waals surface area contributed by atoms with E-state index >= 15 is 0 Å². The number of ether oxygens (including phenoxy) is 2. The number of benzene rings is 2. The van der Waals surface area contributed by atoms with Gasteiger partial charge in [-0.15, -0.1) is 0 Å². The number of methoxy groups -OCH3 is 1. The van der Waals surface area contributed by atoms with Gasteiger partial charge in [-0.3, -0.25) is 15.6 Å². The monoisotopic (exact) mass is 413 g/mol. The van der Waals surface area contributed by atoms with Crippen LogP contribution in [0.15, 0.2) is 42.5 Å². The van der Waals surface area contributed by atoms with E-state index in [0.29, 0.717) is 15.8 Å². The van der Waals surface area contributed by atoms with E-state index in [1.165, 1.54) is 6.07 Å². The van der Waals surface area contributed by atoms with E-state index in [2.05, 4.69) is 16.2 Å². The van der Waals surface area contributed by atoms with Crippen LogP contribution in [-0.4, -0.2) is 24.2 Å². The molecule has 26 heavy (non-hydrogen) atoms. The minimum Gasteiger partial charge on any atom is -0.497 e. The topological polar surface area (TPSA) is 71.6 Å². The Kier molecular flexibility index (Phi) is 7.32. The van der Waals surface area contributed by atoms with Crippen molar-refractivity contribution in [1.29, 1.82) is 0 Å². The molecule has 0 heterocycles. The van der Waals surface area contributed by atoms with Gasteiger partial charge in [-0.2, -0.15) is 0 Å². The average Bonchev–Trinajstić information content (AvgIpc) is 2.62. The molecule has 1 amide bonds. The van der Waals surface area contributed by atoms with Crippen molar-refractivity contribution in [1.82, 2.24) is 10.9 Å². The van der Waals surface area contributed by atoms with Crippen LogP contribution in [0, 0.1) is 0 Å². The van der Waals surface area contributed by atoms with Gasteiger partial charge >= 0.3 is 0 Å². The summed E-state index contributed by atoms with van der Waals surface area (Å²) in [6.45, 7) is 1.59. The molecule has 3 N–H and O–H groups in total. The number of nitrogens with one attached hydrogen (secondary N) is 3. The first-order chi connectivity index (χ1) is 12.4. The number of hydrazine groups is 1. The largest absolute Gasteiger partial charge is 0.497 e. The fourth-order valence-electron chi connectivity index (χ4n) is 1.87. The standard InChI is InChI=1S/C17H17Cl2N3O3S/c1-10(25-15-8-3-11(18)9-14(15)19)16(23)21-22-17(26)20-12-4-6-13(24-2)7-5-12/h3-10H,1-2H3,(H,21,23)(H2,20,22,26)/t10-/m1/s1. The van der Waals surface area contributed by atoms with Gasteiger partial charge in [-0.05, 0) is 61.6 Å². The highest BCUT2D eigenvalue weighted by molar-refractivity contribution is 7.80. The van der Waals surface area contributed by atoms with Crippen LogP contribution in [0.5, 0.6) is 11.5 Å². The molecule has 9 heteroatoms. The summed E-state index contributed by atoms with van der Waals surface area (Å²) in [5.74, 6) is 0.669. The lowest BCUT2D eigenvalue weighted by molar-refractivity contribution is -0.127. The predicted octanol–water partition coefficient (Wildman–Crippen LogP) is 3.79. The van der Waals surface area contributed by atoms with Crippen LogP contribution in [0.25, 0.3) is 0 Å². The van der Waals surface area contributed by atoms with Crippen LogP contribution < -0.4 is 25.6 Å². The first-order valence-corrected chi connectivity index (χ1v) is 8.68. The van der Waals surface area contributed by atoms with E-state index in [0.717, 1.165) is 11.4 Å². The SMILES string of the molecule is COc1ccc(NC(=S)NNC(=O)[C@@H](C)Oc2ccc(Cl)cc2Cl)cc1. The maximum Gasteiger partial charge on any atom is 0.279 e. The summed E-state index contributed by atoms with van der Waals surface area (Å²) in [6, 6.07) is 11.9. The maximum atomic E-state index is 12.1. The third-order valence-electron chi connectivity index (χ3n) is 3.21. The summed E-state index contributed by atoms with van der Waals surface area (Å²) >= 11 is 17.0. The van der Waals surface area contributed by atoms with Crippen molar-refractivity contribution in [2.45, 2.75) is 13.0 Å². The lowest BCUT2D eigenvalue weighted by Crippen LogP contribution is -2.48. The van der Waals surface area contributed by atoms with Crippen molar-refractivity contribution in [3.05, 3.63) is 52.5 Å². The lowest BCUT2D eigenvalue weighted by Gasteiger charge is -2.17. The Bertz CT molecular complexity index is 787. The van der Waals surface area contributed by atoms with Crippen molar-refractivity contribution in [2.75, 3.05) is 12.4 Å². The van der Waals surface area contributed by atoms with Gasteiger partial charge in [0.2, 0.25) is 0 Å². The zero-order valence-corrected chi connectivity index (χ0v) is 16.3. The van der Waals surface area contributed by atoms with Gasteiger partial charge in [0.05, 0.1) is 12.1 Å². The van der Waals surface area contributed by atoms with Gasteiger partial charge in [0, 0.05) is 10.7 Å². The lowest BCUT2D eigenvalue weighted by atomic mass is 10.3. The molecule has 6 nitrogen and oxygen atoms in total. The minimum atomic E-state index is -0.801. The molecule has 0 radical (unpaired) electrons. The van der Waals surface area contributed by atoms with E-state index in [1.54, 1.807) is 50.4 Å². The molecule has 2 rings (SSSR count). The summed E-state index contributed by atoms with van der Waals surface area (Å²) in [4.78, 5) is 12.1. The molecule has 0 fully saturated rings. The number of amides is 1. The number of hydrogen-bond donors (Lipinski definition) is 3. The van der Waals surface area contributed by atoms with Crippen molar-refractivity contribution in [2.24, 2.45) is 0 Å². The van der Waals surface area contributed by atoms with E-state index in [1.807, 2.05) is 0 Å². The molecule has 0 aliphatic heterocycles. The zero-order valence-electron chi connectivity index (χ0n) is 14.0. The molecule has 2 aromatic rings. The summed E-state index contributed by atoms with van der Waals surface area (Å²) in [5.41, 5.74) is 5.82. The molecule has 0 saturated heterocycles. The molecule has 1 atom stereocenters. The van der Waals surface area contributed by atoms with E-state index in [9.17, 15) is 4.79 Å². The summed E-state index contributed by atoms with van der Waals surface area (Å²) in [7, 11) is 1.59. The minimum absolute atomic E-state index is 0.222. The average molecular weight is 414 g/mol. The highest BCUT2D eigenvalue weighted by Crippen LogP contribution is 2.28. The number of halogens is 2. The zero-order chi connectivity index (χ0) is 19.1. The Hall–Kier alpha value is -2.22. The Morgan fingerprint density at radius 2 is 1.81 bits per heavy atom. The molecule has 0 aliphatic carbocycles. The molecular formula is C17H17Cl2N3O3S. The second kappa shape index (κ2) is 9.47. The number of carbonyl (C=O) groups excluding carboxylic acids is 1. The quantitative estimate of drug-likeness (QED) is 0.511. The number of rotatable bonds is 5. The fourth-order valence-corrected chi connectivity index (χ4v) is 2.49. The molecule has 0 aromatic heterocycles. The Morgan fingerprint density at radius 1 is 1.12 bits per heavy atom. The molecule has 0 spiro atoms. The Balaban J connectivity index is 1.81. The Morgan fingerprint density at radius 3 is 2.42 bits per heavy atom. The number of carbonyl (C=O) groups is 1. The van der Waals surface area contributed by atoms with Crippen LogP contribution in [0.1, 0.15) is 6.92 Å². The fraction of sp³-hybridized carbons (Fsp3) is 0.176. The highest BCUT2D eigenvalue weighted by Gasteiger charge is 2.16. The molecule has 0 bridgehead atoms. The molecule has 0 saturated carbocycles. The van der Waals surface area contributed by atoms with E-state index in [-0.39, 0.29) is 5.11 Å². The first kappa shape index (κ1) is 20.1. The summed E-state index contributed by atoms with van der Waals surface area (Å²) < 4.78 is 10.6. The molecule has 138 valence electrons. The van der Waals surface area contributed by atoms with Gasteiger partial charge < -0.3 is 14.8 Å². The number of thiocarbonyl (C=S) groups is 1. The van der Waals surface area contributed by atoms with Crippen LogP contribution in [-0.2, 0) is 4.79 Å². The normalized spacial score (nSPS) is 11.2. The Labute approximate surface area is 166 Å². The van der Waals surface area contributed by atoms with Crippen LogP contribution in [0.4, 0.5) is 5.69 Å².